The molecule has 0 bridgehead atoms. The van der Waals surface area contributed by atoms with E-state index in [1.807, 2.05) is 30.4 Å². The van der Waals surface area contributed by atoms with Crippen LogP contribution in [-0.2, 0) is 4.79 Å². The van der Waals surface area contributed by atoms with Gasteiger partial charge in [0.25, 0.3) is 0 Å². The standard InChI is InChI=1S/C16H17NO3/c1-11(18)16-13(5-4-6-17-16)7-12-8-14(19-2)10-15(9-12)20-3/h4-10,16H,1-3H3. The Morgan fingerprint density at radius 1 is 1.20 bits per heavy atom. The quantitative estimate of drug-likeness (QED) is 0.846. The zero-order valence-electron chi connectivity index (χ0n) is 11.8. The van der Waals surface area contributed by atoms with E-state index in [9.17, 15) is 4.79 Å². The van der Waals surface area contributed by atoms with Crippen LogP contribution in [0.25, 0.3) is 6.08 Å². The van der Waals surface area contributed by atoms with E-state index in [1.165, 1.54) is 0 Å². The number of allylic oxidation sites excluding steroid dienone is 1. The summed E-state index contributed by atoms with van der Waals surface area (Å²) in [5.41, 5.74) is 1.76. The SMILES string of the molecule is COc1cc(C=C2C=CC=NC2C(C)=O)cc(OC)c1. The molecule has 2 rings (SSSR count). The maximum Gasteiger partial charge on any atom is 0.158 e. The molecular formula is C16H17NO3. The van der Waals surface area contributed by atoms with Crippen LogP contribution in [0.1, 0.15) is 12.5 Å². The molecule has 0 N–H and O–H groups in total. The Morgan fingerprint density at radius 2 is 1.85 bits per heavy atom. The molecule has 1 aliphatic rings. The van der Waals surface area contributed by atoms with Gasteiger partial charge in [-0.1, -0.05) is 6.08 Å². The molecule has 0 fully saturated rings. The molecule has 0 radical (unpaired) electrons. The predicted octanol–water partition coefficient (Wildman–Crippen LogP) is 2.69. The van der Waals surface area contributed by atoms with Gasteiger partial charge in [-0.25, -0.2) is 0 Å². The Hall–Kier alpha value is -2.36. The number of methoxy groups -OCH3 is 2. The molecule has 0 aromatic heterocycles. The molecule has 1 heterocycles. The van der Waals surface area contributed by atoms with Gasteiger partial charge >= 0.3 is 0 Å². The van der Waals surface area contributed by atoms with Crippen LogP contribution in [0, 0.1) is 0 Å². The lowest BCUT2D eigenvalue weighted by molar-refractivity contribution is -0.117. The molecule has 20 heavy (non-hydrogen) atoms. The van der Waals surface area contributed by atoms with E-state index in [2.05, 4.69) is 4.99 Å². The minimum Gasteiger partial charge on any atom is -0.497 e. The van der Waals surface area contributed by atoms with E-state index in [0.717, 1.165) is 11.1 Å². The van der Waals surface area contributed by atoms with E-state index in [-0.39, 0.29) is 5.78 Å². The van der Waals surface area contributed by atoms with Crippen LogP contribution in [0.15, 0.2) is 40.9 Å². The highest BCUT2D eigenvalue weighted by molar-refractivity contribution is 5.92. The largest absolute Gasteiger partial charge is 0.497 e. The number of carbonyl (C=O) groups excluding carboxylic acids is 1. The number of ketones is 1. The summed E-state index contributed by atoms with van der Waals surface area (Å²) in [6, 6.07) is 5.15. The molecule has 1 aromatic rings. The van der Waals surface area contributed by atoms with Crippen LogP contribution in [0.4, 0.5) is 0 Å². The number of hydrogen-bond donors (Lipinski definition) is 0. The van der Waals surface area contributed by atoms with Crippen molar-refractivity contribution in [2.75, 3.05) is 14.2 Å². The summed E-state index contributed by atoms with van der Waals surface area (Å²) in [7, 11) is 3.21. The van der Waals surface area contributed by atoms with Crippen LogP contribution in [0.5, 0.6) is 11.5 Å². The molecule has 4 nitrogen and oxygen atoms in total. The summed E-state index contributed by atoms with van der Waals surface area (Å²) in [6.45, 7) is 1.54. The number of rotatable bonds is 4. The molecule has 0 amide bonds. The van der Waals surface area contributed by atoms with Crippen LogP contribution in [-0.4, -0.2) is 32.3 Å². The minimum atomic E-state index is -0.433. The van der Waals surface area contributed by atoms with Gasteiger partial charge in [0, 0.05) is 12.3 Å². The van der Waals surface area contributed by atoms with Gasteiger partial charge in [0.1, 0.15) is 17.5 Å². The van der Waals surface area contributed by atoms with Gasteiger partial charge in [-0.15, -0.1) is 0 Å². The number of dihydropyridines is 1. The number of aliphatic imine (C=N–C) groups is 1. The van der Waals surface area contributed by atoms with E-state index in [0.29, 0.717) is 11.5 Å². The first-order chi connectivity index (χ1) is 9.63. The fourth-order valence-corrected chi connectivity index (χ4v) is 2.04. The monoisotopic (exact) mass is 271 g/mol. The van der Waals surface area contributed by atoms with E-state index < -0.39 is 6.04 Å². The highest BCUT2D eigenvalue weighted by Gasteiger charge is 2.17. The Bertz CT molecular complexity index is 577. The second kappa shape index (κ2) is 6.19. The number of Topliss-reactive ketones (excluding diaryl/α,β-unsaturated/α-hetero) is 1. The summed E-state index contributed by atoms with van der Waals surface area (Å²) in [6.07, 6.45) is 7.29. The van der Waals surface area contributed by atoms with Gasteiger partial charge < -0.3 is 9.47 Å². The summed E-state index contributed by atoms with van der Waals surface area (Å²) in [4.78, 5) is 15.8. The number of benzene rings is 1. The highest BCUT2D eigenvalue weighted by Crippen LogP contribution is 2.25. The van der Waals surface area contributed by atoms with Gasteiger partial charge in [0.05, 0.1) is 14.2 Å². The van der Waals surface area contributed by atoms with Crippen molar-refractivity contribution >= 4 is 18.1 Å². The fraction of sp³-hybridized carbons (Fsp3) is 0.250. The number of hydrogen-bond acceptors (Lipinski definition) is 4. The molecule has 0 saturated carbocycles. The van der Waals surface area contributed by atoms with E-state index in [4.69, 9.17) is 9.47 Å². The van der Waals surface area contributed by atoms with Crippen molar-refractivity contribution < 1.29 is 14.3 Å². The lowest BCUT2D eigenvalue weighted by atomic mass is 9.99. The molecule has 4 heteroatoms. The van der Waals surface area contributed by atoms with Gasteiger partial charge in [-0.3, -0.25) is 9.79 Å². The van der Waals surface area contributed by atoms with Crippen LogP contribution >= 0.6 is 0 Å². The highest BCUT2D eigenvalue weighted by atomic mass is 16.5. The van der Waals surface area contributed by atoms with Crippen LogP contribution < -0.4 is 9.47 Å². The minimum absolute atomic E-state index is 0.0201. The zero-order chi connectivity index (χ0) is 14.5. The van der Waals surface area contributed by atoms with Crippen molar-refractivity contribution in [3.63, 3.8) is 0 Å². The average Bonchev–Trinajstić information content (AvgIpc) is 2.47. The average molecular weight is 271 g/mol. The predicted molar refractivity (Wildman–Crippen MR) is 79.6 cm³/mol. The third-order valence-electron chi connectivity index (χ3n) is 3.02. The smallest absolute Gasteiger partial charge is 0.158 e. The van der Waals surface area contributed by atoms with E-state index in [1.54, 1.807) is 33.4 Å². The van der Waals surface area contributed by atoms with Gasteiger partial charge in [0.2, 0.25) is 0 Å². The van der Waals surface area contributed by atoms with Crippen LogP contribution in [0.3, 0.4) is 0 Å². The molecule has 104 valence electrons. The van der Waals surface area contributed by atoms with Crippen molar-refractivity contribution in [2.24, 2.45) is 4.99 Å². The van der Waals surface area contributed by atoms with Crippen molar-refractivity contribution in [1.82, 2.24) is 0 Å². The van der Waals surface area contributed by atoms with Gasteiger partial charge in [-0.2, -0.15) is 0 Å². The molecule has 1 aromatic carbocycles. The van der Waals surface area contributed by atoms with Gasteiger partial charge in [-0.05, 0) is 42.3 Å². The normalized spacial score (nSPS) is 19.1. The second-order valence-electron chi connectivity index (χ2n) is 4.46. The first kappa shape index (κ1) is 14.1. The molecule has 1 atom stereocenters. The number of nitrogens with zero attached hydrogens (tertiary/aromatic N) is 1. The second-order valence-corrected chi connectivity index (χ2v) is 4.46. The Labute approximate surface area is 118 Å². The maximum absolute atomic E-state index is 11.6. The third kappa shape index (κ3) is 3.15. The van der Waals surface area contributed by atoms with Gasteiger partial charge in [0.15, 0.2) is 5.78 Å². The number of carbonyl (C=O) groups is 1. The zero-order valence-corrected chi connectivity index (χ0v) is 11.8. The summed E-state index contributed by atoms with van der Waals surface area (Å²) in [5, 5.41) is 0. The van der Waals surface area contributed by atoms with Crippen molar-refractivity contribution in [2.45, 2.75) is 13.0 Å². The first-order valence-electron chi connectivity index (χ1n) is 6.29. The Balaban J connectivity index is 2.40. The van der Waals surface area contributed by atoms with Crippen molar-refractivity contribution in [3.8, 4) is 11.5 Å². The third-order valence-corrected chi connectivity index (χ3v) is 3.02. The lowest BCUT2D eigenvalue weighted by Crippen LogP contribution is -2.19. The number of ether oxygens (including phenoxy) is 2. The molecule has 0 spiro atoms. The Morgan fingerprint density at radius 3 is 2.40 bits per heavy atom. The summed E-state index contributed by atoms with van der Waals surface area (Å²) >= 11 is 0. The van der Waals surface area contributed by atoms with E-state index >= 15 is 0 Å². The molecule has 1 unspecified atom stereocenters. The topological polar surface area (TPSA) is 47.9 Å². The van der Waals surface area contributed by atoms with Crippen molar-refractivity contribution in [3.05, 3.63) is 41.5 Å². The lowest BCUT2D eigenvalue weighted by Gasteiger charge is -2.14. The summed E-state index contributed by atoms with van der Waals surface area (Å²) in [5.74, 6) is 1.43. The molecular weight excluding hydrogens is 254 g/mol. The fourth-order valence-electron chi connectivity index (χ4n) is 2.04. The maximum atomic E-state index is 11.6. The molecule has 0 aliphatic carbocycles. The molecule has 1 aliphatic heterocycles. The van der Waals surface area contributed by atoms with Crippen LogP contribution in [0.2, 0.25) is 0 Å². The Kier molecular flexibility index (Phi) is 4.35. The molecule has 0 saturated heterocycles. The first-order valence-corrected chi connectivity index (χ1v) is 6.29. The van der Waals surface area contributed by atoms with Crippen molar-refractivity contribution in [1.29, 1.82) is 0 Å². The summed E-state index contributed by atoms with van der Waals surface area (Å²) < 4.78 is 10.5.